The SMILES string of the molecule is Cc1csc(CCn2c(CCl)nc3cc(Cl)ccc32)n1. The molecule has 3 aromatic rings. The Kier molecular flexibility index (Phi) is 3.96. The number of nitrogens with zero attached hydrogens (tertiary/aromatic N) is 3. The second-order valence-corrected chi connectivity index (χ2v) is 6.23. The number of rotatable bonds is 4. The summed E-state index contributed by atoms with van der Waals surface area (Å²) < 4.78 is 2.15. The molecule has 0 saturated heterocycles. The molecular weight excluding hydrogens is 313 g/mol. The van der Waals surface area contributed by atoms with E-state index in [1.807, 2.05) is 25.1 Å². The molecule has 3 rings (SSSR count). The highest BCUT2D eigenvalue weighted by molar-refractivity contribution is 7.09. The summed E-state index contributed by atoms with van der Waals surface area (Å²) in [4.78, 5) is 9.03. The Morgan fingerprint density at radius 2 is 2.15 bits per heavy atom. The van der Waals surface area contributed by atoms with Crippen molar-refractivity contribution in [2.45, 2.75) is 25.8 Å². The minimum Gasteiger partial charge on any atom is -0.327 e. The molecule has 0 amide bonds. The van der Waals surface area contributed by atoms with Crippen LogP contribution in [-0.4, -0.2) is 14.5 Å². The lowest BCUT2D eigenvalue weighted by Gasteiger charge is -2.06. The number of hydrogen-bond donors (Lipinski definition) is 0. The van der Waals surface area contributed by atoms with Crippen LogP contribution in [0.25, 0.3) is 11.0 Å². The Bertz CT molecular complexity index is 748. The number of hydrogen-bond acceptors (Lipinski definition) is 3. The molecular formula is C14H13Cl2N3S. The number of alkyl halides is 1. The van der Waals surface area contributed by atoms with E-state index < -0.39 is 0 Å². The van der Waals surface area contributed by atoms with Crippen LogP contribution in [0.4, 0.5) is 0 Å². The number of benzene rings is 1. The summed E-state index contributed by atoms with van der Waals surface area (Å²) >= 11 is 13.7. The van der Waals surface area contributed by atoms with E-state index in [0.717, 1.165) is 40.5 Å². The van der Waals surface area contributed by atoms with Crippen LogP contribution in [0.2, 0.25) is 5.02 Å². The van der Waals surface area contributed by atoms with Crippen molar-refractivity contribution in [3.05, 3.63) is 45.1 Å². The van der Waals surface area contributed by atoms with E-state index in [0.29, 0.717) is 10.9 Å². The van der Waals surface area contributed by atoms with Gasteiger partial charge in [-0.25, -0.2) is 9.97 Å². The summed E-state index contributed by atoms with van der Waals surface area (Å²) in [6.45, 7) is 2.84. The first-order valence-corrected chi connectivity index (χ1v) is 8.08. The molecule has 0 aliphatic heterocycles. The van der Waals surface area contributed by atoms with Crippen molar-refractivity contribution < 1.29 is 0 Å². The normalized spacial score (nSPS) is 11.3. The van der Waals surface area contributed by atoms with E-state index in [2.05, 4.69) is 19.9 Å². The van der Waals surface area contributed by atoms with Gasteiger partial charge in [-0.3, -0.25) is 0 Å². The third-order valence-electron chi connectivity index (χ3n) is 3.12. The van der Waals surface area contributed by atoms with Crippen LogP contribution < -0.4 is 0 Å². The molecule has 0 saturated carbocycles. The van der Waals surface area contributed by atoms with Crippen LogP contribution >= 0.6 is 34.5 Å². The molecule has 2 heterocycles. The smallest absolute Gasteiger partial charge is 0.124 e. The van der Waals surface area contributed by atoms with Crippen molar-refractivity contribution in [2.24, 2.45) is 0 Å². The maximum Gasteiger partial charge on any atom is 0.124 e. The van der Waals surface area contributed by atoms with E-state index >= 15 is 0 Å². The fourth-order valence-corrected chi connectivity index (χ4v) is 3.36. The first kappa shape index (κ1) is 13.9. The van der Waals surface area contributed by atoms with Crippen LogP contribution in [0, 0.1) is 6.92 Å². The Morgan fingerprint density at radius 1 is 1.30 bits per heavy atom. The highest BCUT2D eigenvalue weighted by Gasteiger charge is 2.11. The highest BCUT2D eigenvalue weighted by Crippen LogP contribution is 2.22. The van der Waals surface area contributed by atoms with Gasteiger partial charge in [-0.05, 0) is 25.1 Å². The first-order valence-electron chi connectivity index (χ1n) is 6.29. The van der Waals surface area contributed by atoms with Gasteiger partial charge < -0.3 is 4.57 Å². The van der Waals surface area contributed by atoms with Crippen LogP contribution in [0.5, 0.6) is 0 Å². The second kappa shape index (κ2) is 5.72. The van der Waals surface area contributed by atoms with Gasteiger partial charge >= 0.3 is 0 Å². The molecule has 0 radical (unpaired) electrons. The number of imidazole rings is 1. The monoisotopic (exact) mass is 325 g/mol. The highest BCUT2D eigenvalue weighted by atomic mass is 35.5. The van der Waals surface area contributed by atoms with Gasteiger partial charge in [0.1, 0.15) is 5.82 Å². The molecule has 0 aliphatic carbocycles. The Morgan fingerprint density at radius 3 is 2.85 bits per heavy atom. The van der Waals surface area contributed by atoms with E-state index in [9.17, 15) is 0 Å². The average Bonchev–Trinajstić information content (AvgIpc) is 2.99. The fraction of sp³-hybridized carbons (Fsp3) is 0.286. The standard InChI is InChI=1S/C14H13Cl2N3S/c1-9-8-20-14(17-9)4-5-19-12-3-2-10(16)6-11(12)18-13(19)7-15/h2-3,6,8H,4-5,7H2,1H3. The van der Waals surface area contributed by atoms with Gasteiger partial charge in [-0.2, -0.15) is 0 Å². The van der Waals surface area contributed by atoms with Gasteiger partial charge in [0.2, 0.25) is 0 Å². The van der Waals surface area contributed by atoms with Gasteiger partial charge in [0, 0.05) is 29.1 Å². The number of fused-ring (bicyclic) bond motifs is 1. The maximum atomic E-state index is 6.01. The summed E-state index contributed by atoms with van der Waals surface area (Å²) in [5.74, 6) is 1.26. The molecule has 3 nitrogen and oxygen atoms in total. The van der Waals surface area contributed by atoms with Crippen LogP contribution in [0.15, 0.2) is 23.6 Å². The zero-order valence-corrected chi connectivity index (χ0v) is 13.3. The summed E-state index contributed by atoms with van der Waals surface area (Å²) in [5.41, 5.74) is 3.03. The molecule has 0 aliphatic rings. The van der Waals surface area contributed by atoms with Gasteiger partial charge in [0.15, 0.2) is 0 Å². The van der Waals surface area contributed by atoms with E-state index in [1.165, 1.54) is 0 Å². The lowest BCUT2D eigenvalue weighted by molar-refractivity contribution is 0.685. The quantitative estimate of drug-likeness (QED) is 0.664. The van der Waals surface area contributed by atoms with Crippen LogP contribution in [0.3, 0.4) is 0 Å². The largest absolute Gasteiger partial charge is 0.327 e. The fourth-order valence-electron chi connectivity index (χ4n) is 2.23. The summed E-state index contributed by atoms with van der Waals surface area (Å²) in [6.07, 6.45) is 0.885. The molecule has 0 spiro atoms. The Labute approximate surface area is 131 Å². The average molecular weight is 326 g/mol. The number of thiazole rings is 1. The molecule has 20 heavy (non-hydrogen) atoms. The minimum atomic E-state index is 0.392. The Hall–Kier alpha value is -1.10. The van der Waals surface area contributed by atoms with Crippen molar-refractivity contribution in [1.29, 1.82) is 0 Å². The predicted octanol–water partition coefficient (Wildman–Crippen LogP) is 4.44. The molecule has 0 bridgehead atoms. The molecule has 2 aromatic heterocycles. The number of halogens is 2. The number of aryl methyl sites for hydroxylation is 3. The lowest BCUT2D eigenvalue weighted by Crippen LogP contribution is -2.05. The number of aromatic nitrogens is 3. The van der Waals surface area contributed by atoms with Crippen LogP contribution in [-0.2, 0) is 18.8 Å². The molecule has 0 atom stereocenters. The lowest BCUT2D eigenvalue weighted by atomic mass is 10.3. The zero-order chi connectivity index (χ0) is 14.1. The zero-order valence-electron chi connectivity index (χ0n) is 10.9. The molecule has 6 heteroatoms. The first-order chi connectivity index (χ1) is 9.67. The molecule has 0 fully saturated rings. The van der Waals surface area contributed by atoms with Gasteiger partial charge in [0.05, 0.1) is 21.9 Å². The van der Waals surface area contributed by atoms with Gasteiger partial charge in [-0.15, -0.1) is 22.9 Å². The van der Waals surface area contributed by atoms with E-state index in [4.69, 9.17) is 23.2 Å². The maximum absolute atomic E-state index is 6.01. The van der Waals surface area contributed by atoms with Crippen molar-refractivity contribution in [3.63, 3.8) is 0 Å². The van der Waals surface area contributed by atoms with E-state index in [-0.39, 0.29) is 0 Å². The summed E-state index contributed by atoms with van der Waals surface area (Å²) in [5, 5.41) is 3.90. The summed E-state index contributed by atoms with van der Waals surface area (Å²) in [6, 6.07) is 5.75. The van der Waals surface area contributed by atoms with E-state index in [1.54, 1.807) is 11.3 Å². The molecule has 0 N–H and O–H groups in total. The van der Waals surface area contributed by atoms with Crippen molar-refractivity contribution in [1.82, 2.24) is 14.5 Å². The third-order valence-corrected chi connectivity index (χ3v) is 4.63. The summed E-state index contributed by atoms with van der Waals surface area (Å²) in [7, 11) is 0. The third kappa shape index (κ3) is 2.68. The molecule has 0 unspecified atom stereocenters. The van der Waals surface area contributed by atoms with Gasteiger partial charge in [-0.1, -0.05) is 11.6 Å². The molecule has 1 aromatic carbocycles. The van der Waals surface area contributed by atoms with Crippen molar-refractivity contribution in [2.75, 3.05) is 0 Å². The second-order valence-electron chi connectivity index (χ2n) is 4.58. The predicted molar refractivity (Wildman–Crippen MR) is 84.9 cm³/mol. The van der Waals surface area contributed by atoms with Crippen molar-refractivity contribution in [3.8, 4) is 0 Å². The van der Waals surface area contributed by atoms with Crippen LogP contribution in [0.1, 0.15) is 16.5 Å². The topological polar surface area (TPSA) is 30.7 Å². The Balaban J connectivity index is 1.93. The minimum absolute atomic E-state index is 0.392. The van der Waals surface area contributed by atoms with Crippen molar-refractivity contribution >= 4 is 45.6 Å². The molecule has 104 valence electrons. The van der Waals surface area contributed by atoms with Gasteiger partial charge in [0.25, 0.3) is 0 Å².